The predicted octanol–water partition coefficient (Wildman–Crippen LogP) is 2.34. The lowest BCUT2D eigenvalue weighted by atomic mass is 10.1. The van der Waals surface area contributed by atoms with Crippen molar-refractivity contribution < 1.29 is 5.11 Å². The van der Waals surface area contributed by atoms with Gasteiger partial charge in [-0.25, -0.2) is 0 Å². The number of aliphatic hydroxyl groups excluding tert-OH is 1. The van der Waals surface area contributed by atoms with Gasteiger partial charge in [0.2, 0.25) is 0 Å². The maximum atomic E-state index is 9.34. The zero-order valence-corrected chi connectivity index (χ0v) is 9.89. The van der Waals surface area contributed by atoms with Crippen LogP contribution in [0.15, 0.2) is 18.5 Å². The van der Waals surface area contributed by atoms with Crippen LogP contribution < -0.4 is 4.90 Å². The average Bonchev–Trinajstić information content (AvgIpc) is 2.84. The standard InChI is InChI=1S/C13H20N2O/c1-2-15(12-5-3-4-6-12)13-7-8-14-9-11(13)10-16/h7-9,12,16H,2-6,10H2,1H3. The quantitative estimate of drug-likeness (QED) is 0.846. The second kappa shape index (κ2) is 5.30. The van der Waals surface area contributed by atoms with Gasteiger partial charge in [0.15, 0.2) is 0 Å². The van der Waals surface area contributed by atoms with Gasteiger partial charge in [0, 0.05) is 36.2 Å². The molecule has 2 rings (SSSR count). The van der Waals surface area contributed by atoms with Gasteiger partial charge in [-0.05, 0) is 25.8 Å². The molecule has 3 heteroatoms. The normalized spacial score (nSPS) is 16.6. The van der Waals surface area contributed by atoms with Gasteiger partial charge in [0.1, 0.15) is 0 Å². The number of hydrogen-bond acceptors (Lipinski definition) is 3. The van der Waals surface area contributed by atoms with Gasteiger partial charge in [-0.15, -0.1) is 0 Å². The van der Waals surface area contributed by atoms with Gasteiger partial charge in [0.05, 0.1) is 6.61 Å². The van der Waals surface area contributed by atoms with E-state index in [2.05, 4.69) is 16.8 Å². The monoisotopic (exact) mass is 220 g/mol. The molecule has 0 atom stereocenters. The summed E-state index contributed by atoms with van der Waals surface area (Å²) in [5.74, 6) is 0. The minimum absolute atomic E-state index is 0.0758. The molecule has 1 aliphatic carbocycles. The number of aromatic nitrogens is 1. The Hall–Kier alpha value is -1.09. The van der Waals surface area contributed by atoms with E-state index in [4.69, 9.17) is 0 Å². The number of pyridine rings is 1. The fourth-order valence-electron chi connectivity index (χ4n) is 2.66. The summed E-state index contributed by atoms with van der Waals surface area (Å²) in [7, 11) is 0. The summed E-state index contributed by atoms with van der Waals surface area (Å²) in [6.45, 7) is 3.26. The molecule has 0 amide bonds. The van der Waals surface area contributed by atoms with E-state index in [1.54, 1.807) is 6.20 Å². The van der Waals surface area contributed by atoms with Crippen LogP contribution in [0.3, 0.4) is 0 Å². The smallest absolute Gasteiger partial charge is 0.0717 e. The molecule has 0 saturated heterocycles. The third-order valence-electron chi connectivity index (χ3n) is 3.46. The summed E-state index contributed by atoms with van der Waals surface area (Å²) in [4.78, 5) is 6.49. The molecule has 0 unspecified atom stereocenters. The molecule has 1 aliphatic rings. The summed E-state index contributed by atoms with van der Waals surface area (Å²) >= 11 is 0. The Morgan fingerprint density at radius 2 is 2.19 bits per heavy atom. The molecule has 1 heterocycles. The van der Waals surface area contributed by atoms with Crippen molar-refractivity contribution in [3.8, 4) is 0 Å². The number of nitrogens with zero attached hydrogens (tertiary/aromatic N) is 2. The van der Waals surface area contributed by atoms with Gasteiger partial charge in [0.25, 0.3) is 0 Å². The molecule has 0 spiro atoms. The third kappa shape index (κ3) is 2.19. The first kappa shape index (κ1) is 11.4. The molecular formula is C13H20N2O. The lowest BCUT2D eigenvalue weighted by Crippen LogP contribution is -2.33. The highest BCUT2D eigenvalue weighted by Gasteiger charge is 2.22. The van der Waals surface area contributed by atoms with Gasteiger partial charge in [-0.2, -0.15) is 0 Å². The highest BCUT2D eigenvalue weighted by atomic mass is 16.3. The van der Waals surface area contributed by atoms with Crippen LogP contribution in [0.2, 0.25) is 0 Å². The molecule has 1 aromatic heterocycles. The Labute approximate surface area is 97.1 Å². The van der Waals surface area contributed by atoms with Crippen molar-refractivity contribution in [1.82, 2.24) is 4.98 Å². The molecule has 1 fully saturated rings. The fourth-order valence-corrected chi connectivity index (χ4v) is 2.66. The van der Waals surface area contributed by atoms with Crippen molar-refractivity contribution in [1.29, 1.82) is 0 Å². The third-order valence-corrected chi connectivity index (χ3v) is 3.46. The van der Waals surface area contributed by atoms with E-state index in [0.29, 0.717) is 6.04 Å². The first-order valence-electron chi connectivity index (χ1n) is 6.17. The maximum Gasteiger partial charge on any atom is 0.0717 e. The topological polar surface area (TPSA) is 36.4 Å². The van der Waals surface area contributed by atoms with Crippen LogP contribution in [0, 0.1) is 0 Å². The van der Waals surface area contributed by atoms with Gasteiger partial charge in [-0.1, -0.05) is 12.8 Å². The number of anilines is 1. The van der Waals surface area contributed by atoms with Crippen molar-refractivity contribution in [3.05, 3.63) is 24.0 Å². The highest BCUT2D eigenvalue weighted by Crippen LogP contribution is 2.29. The fraction of sp³-hybridized carbons (Fsp3) is 0.615. The first-order chi connectivity index (χ1) is 7.86. The Morgan fingerprint density at radius 3 is 2.81 bits per heavy atom. The summed E-state index contributed by atoms with van der Waals surface area (Å²) in [6, 6.07) is 2.67. The van der Waals surface area contributed by atoms with Crippen LogP contribution in [0.5, 0.6) is 0 Å². The van der Waals surface area contributed by atoms with Crippen LogP contribution in [0.4, 0.5) is 5.69 Å². The van der Waals surface area contributed by atoms with Crippen molar-refractivity contribution in [3.63, 3.8) is 0 Å². The molecule has 0 bridgehead atoms. The molecule has 1 aromatic rings. The zero-order valence-electron chi connectivity index (χ0n) is 9.89. The number of hydrogen-bond donors (Lipinski definition) is 1. The lowest BCUT2D eigenvalue weighted by molar-refractivity contribution is 0.281. The lowest BCUT2D eigenvalue weighted by Gasteiger charge is -2.31. The van der Waals surface area contributed by atoms with E-state index < -0.39 is 0 Å². The minimum Gasteiger partial charge on any atom is -0.392 e. The van der Waals surface area contributed by atoms with Crippen molar-refractivity contribution in [2.24, 2.45) is 0 Å². The van der Waals surface area contributed by atoms with Gasteiger partial charge >= 0.3 is 0 Å². The van der Waals surface area contributed by atoms with Crippen LogP contribution in [-0.4, -0.2) is 22.7 Å². The van der Waals surface area contributed by atoms with E-state index in [-0.39, 0.29) is 6.61 Å². The van der Waals surface area contributed by atoms with Gasteiger partial charge in [-0.3, -0.25) is 4.98 Å². The highest BCUT2D eigenvalue weighted by molar-refractivity contribution is 5.52. The van der Waals surface area contributed by atoms with Crippen LogP contribution in [0.1, 0.15) is 38.2 Å². The zero-order chi connectivity index (χ0) is 11.4. The van der Waals surface area contributed by atoms with Crippen molar-refractivity contribution in [2.75, 3.05) is 11.4 Å². The molecular weight excluding hydrogens is 200 g/mol. The van der Waals surface area contributed by atoms with Crippen molar-refractivity contribution >= 4 is 5.69 Å². The molecule has 1 N–H and O–H groups in total. The summed E-state index contributed by atoms with van der Waals surface area (Å²) in [5, 5.41) is 9.34. The molecule has 0 radical (unpaired) electrons. The van der Waals surface area contributed by atoms with Crippen LogP contribution in [0.25, 0.3) is 0 Å². The van der Waals surface area contributed by atoms with E-state index in [9.17, 15) is 5.11 Å². The predicted molar refractivity (Wildman–Crippen MR) is 65.4 cm³/mol. The van der Waals surface area contributed by atoms with E-state index >= 15 is 0 Å². The first-order valence-corrected chi connectivity index (χ1v) is 6.17. The summed E-state index contributed by atoms with van der Waals surface area (Å²) in [6.07, 6.45) is 8.81. The second-order valence-corrected chi connectivity index (χ2v) is 4.39. The molecule has 0 aromatic carbocycles. The molecule has 16 heavy (non-hydrogen) atoms. The summed E-state index contributed by atoms with van der Waals surface area (Å²) < 4.78 is 0. The molecule has 0 aliphatic heterocycles. The minimum atomic E-state index is 0.0758. The second-order valence-electron chi connectivity index (χ2n) is 4.39. The van der Waals surface area contributed by atoms with Crippen LogP contribution in [-0.2, 0) is 6.61 Å². The van der Waals surface area contributed by atoms with E-state index in [1.165, 1.54) is 25.7 Å². The van der Waals surface area contributed by atoms with E-state index in [1.807, 2.05) is 12.3 Å². The maximum absolute atomic E-state index is 9.34. The number of aliphatic hydroxyl groups is 1. The largest absolute Gasteiger partial charge is 0.392 e. The molecule has 1 saturated carbocycles. The molecule has 88 valence electrons. The molecule has 3 nitrogen and oxygen atoms in total. The SMILES string of the molecule is CCN(c1ccncc1CO)C1CCCC1. The van der Waals surface area contributed by atoms with Crippen molar-refractivity contribution in [2.45, 2.75) is 45.3 Å². The average molecular weight is 220 g/mol. The number of rotatable bonds is 4. The van der Waals surface area contributed by atoms with E-state index in [0.717, 1.165) is 17.8 Å². The Morgan fingerprint density at radius 1 is 1.44 bits per heavy atom. The Balaban J connectivity index is 2.24. The Kier molecular flexibility index (Phi) is 3.78. The van der Waals surface area contributed by atoms with Gasteiger partial charge < -0.3 is 10.0 Å². The van der Waals surface area contributed by atoms with Crippen LogP contribution >= 0.6 is 0 Å². The summed E-state index contributed by atoms with van der Waals surface area (Å²) in [5.41, 5.74) is 2.10. The Bertz CT molecular complexity index is 334.